The predicted octanol–water partition coefficient (Wildman–Crippen LogP) is 1.27. The largest absolute Gasteiger partial charge is 0.369 e. The number of nitriles is 1. The van der Waals surface area contributed by atoms with Crippen molar-refractivity contribution < 1.29 is 9.37 Å². The molecule has 2 unspecified atom stereocenters. The number of hydrogen-bond acceptors (Lipinski definition) is 8. The molecule has 3 N–H and O–H groups in total. The Hall–Kier alpha value is -3.22. The summed E-state index contributed by atoms with van der Waals surface area (Å²) in [6, 6.07) is 8.03. The molecule has 0 amide bonds. The van der Waals surface area contributed by atoms with Crippen LogP contribution < -0.4 is 10.6 Å². The van der Waals surface area contributed by atoms with Crippen LogP contribution in [-0.4, -0.2) is 46.3 Å². The van der Waals surface area contributed by atoms with Gasteiger partial charge in [-0.2, -0.15) is 10.4 Å². The van der Waals surface area contributed by atoms with Gasteiger partial charge in [0.25, 0.3) is 0 Å². The maximum atomic E-state index is 10.00. The molecule has 2 atom stereocenters. The molecular formula is C17H15N7O2. The van der Waals surface area contributed by atoms with E-state index < -0.39 is 0 Å². The average molecular weight is 349 g/mol. The van der Waals surface area contributed by atoms with Crippen molar-refractivity contribution in [1.82, 2.24) is 25.8 Å². The smallest absolute Gasteiger partial charge is 0.156 e. The van der Waals surface area contributed by atoms with Crippen LogP contribution in [0.4, 0.5) is 5.82 Å². The number of nitrogens with one attached hydrogen (secondary N) is 3. The van der Waals surface area contributed by atoms with Crippen LogP contribution in [0.1, 0.15) is 17.0 Å². The van der Waals surface area contributed by atoms with E-state index in [9.17, 15) is 5.26 Å². The lowest BCUT2D eigenvalue weighted by Gasteiger charge is -2.32. The lowest BCUT2D eigenvalue weighted by molar-refractivity contribution is 0.0518. The number of aromatic nitrogens is 4. The van der Waals surface area contributed by atoms with Gasteiger partial charge in [-0.25, -0.2) is 4.63 Å². The average Bonchev–Trinajstić information content (AvgIpc) is 3.36. The maximum absolute atomic E-state index is 10.00. The predicted molar refractivity (Wildman–Crippen MR) is 91.1 cm³/mol. The van der Waals surface area contributed by atoms with Crippen molar-refractivity contribution in [3.63, 3.8) is 0 Å². The Balaban J connectivity index is 1.72. The van der Waals surface area contributed by atoms with Crippen molar-refractivity contribution in [3.05, 3.63) is 46.8 Å². The summed E-state index contributed by atoms with van der Waals surface area (Å²) in [6.45, 7) is 2.03. The molecule has 2 aromatic heterocycles. The molecule has 1 aromatic carbocycles. The summed E-state index contributed by atoms with van der Waals surface area (Å²) in [5.41, 5.74) is 4.35. The number of H-pyrrole nitrogens is 1. The minimum absolute atomic E-state index is 0.236. The van der Waals surface area contributed by atoms with Crippen molar-refractivity contribution in [3.8, 4) is 6.07 Å². The van der Waals surface area contributed by atoms with E-state index in [2.05, 4.69) is 37.2 Å². The lowest BCUT2D eigenvalue weighted by atomic mass is 9.81. The van der Waals surface area contributed by atoms with Crippen molar-refractivity contribution in [2.75, 3.05) is 25.0 Å². The summed E-state index contributed by atoms with van der Waals surface area (Å²) in [5, 5.41) is 31.7. The summed E-state index contributed by atoms with van der Waals surface area (Å²) >= 11 is 0. The summed E-state index contributed by atoms with van der Waals surface area (Å²) in [4.78, 5) is 0. The first kappa shape index (κ1) is 15.1. The molecule has 2 aliphatic rings. The molecule has 0 radical (unpaired) electrons. The lowest BCUT2D eigenvalue weighted by Crippen LogP contribution is -2.42. The Kier molecular flexibility index (Phi) is 3.44. The number of fused-ring (bicyclic) bond motifs is 2. The van der Waals surface area contributed by atoms with Crippen molar-refractivity contribution >= 4 is 16.9 Å². The van der Waals surface area contributed by atoms with Gasteiger partial charge < -0.3 is 15.4 Å². The van der Waals surface area contributed by atoms with Crippen molar-refractivity contribution in [1.29, 1.82) is 5.26 Å². The molecule has 1 saturated heterocycles. The van der Waals surface area contributed by atoms with Crippen LogP contribution in [0, 0.1) is 11.3 Å². The molecule has 9 heteroatoms. The number of hydrogen-bond donors (Lipinski definition) is 3. The van der Waals surface area contributed by atoms with Gasteiger partial charge in [0.05, 0.1) is 29.9 Å². The quantitative estimate of drug-likeness (QED) is 0.632. The van der Waals surface area contributed by atoms with Gasteiger partial charge in [0.15, 0.2) is 5.82 Å². The molecule has 2 aliphatic heterocycles. The standard InChI is InChI=1S/C17H15N7O2/c18-6-10-14(9-2-1-3-12-15(9)24-26-23-12)11-7-20-22-17(11)21-16(10)13-8-19-4-5-25-13/h1-3,7,13-14,19H,4-5,8H2,(H2,20,21,22). The van der Waals surface area contributed by atoms with E-state index in [0.717, 1.165) is 23.4 Å². The molecule has 0 aliphatic carbocycles. The minimum Gasteiger partial charge on any atom is -0.369 e. The summed E-state index contributed by atoms with van der Waals surface area (Å²) < 4.78 is 10.8. The number of rotatable bonds is 2. The number of aromatic amines is 1. The molecule has 130 valence electrons. The van der Waals surface area contributed by atoms with E-state index >= 15 is 0 Å². The van der Waals surface area contributed by atoms with E-state index in [0.29, 0.717) is 35.6 Å². The van der Waals surface area contributed by atoms with Gasteiger partial charge in [-0.1, -0.05) is 12.1 Å². The summed E-state index contributed by atoms with van der Waals surface area (Å²) in [6.07, 6.45) is 1.56. The number of benzene rings is 1. The number of nitrogens with zero attached hydrogens (tertiary/aromatic N) is 4. The van der Waals surface area contributed by atoms with Crippen LogP contribution in [0.3, 0.4) is 0 Å². The Bertz CT molecular complexity index is 1040. The van der Waals surface area contributed by atoms with Crippen LogP contribution in [0.2, 0.25) is 0 Å². The molecule has 3 aromatic rings. The monoisotopic (exact) mass is 349 g/mol. The second-order valence-corrected chi connectivity index (χ2v) is 6.23. The molecule has 0 bridgehead atoms. The number of allylic oxidation sites excluding steroid dienone is 1. The Labute approximate surface area is 148 Å². The molecule has 5 rings (SSSR count). The van der Waals surface area contributed by atoms with Gasteiger partial charge in [0.1, 0.15) is 17.1 Å². The number of morpholine rings is 1. The SMILES string of the molecule is N#CC1=C(C2CNCCO2)Nc2n[nH]cc2C1c1cccc2nonc12. The van der Waals surface area contributed by atoms with Crippen molar-refractivity contribution in [2.24, 2.45) is 0 Å². The molecular weight excluding hydrogens is 334 g/mol. The summed E-state index contributed by atoms with van der Waals surface area (Å²) in [7, 11) is 0. The van der Waals surface area contributed by atoms with E-state index in [1.807, 2.05) is 18.2 Å². The van der Waals surface area contributed by atoms with Crippen LogP contribution in [-0.2, 0) is 4.74 Å². The molecule has 26 heavy (non-hydrogen) atoms. The van der Waals surface area contributed by atoms with Gasteiger partial charge in [-0.15, -0.1) is 0 Å². The van der Waals surface area contributed by atoms with Gasteiger partial charge in [-0.3, -0.25) is 5.10 Å². The third-order valence-corrected chi connectivity index (χ3v) is 4.81. The zero-order valence-electron chi connectivity index (χ0n) is 13.7. The van der Waals surface area contributed by atoms with Crippen LogP contribution >= 0.6 is 0 Å². The Morgan fingerprint density at radius 2 is 2.19 bits per heavy atom. The second-order valence-electron chi connectivity index (χ2n) is 6.23. The first-order valence-corrected chi connectivity index (χ1v) is 8.35. The fourth-order valence-electron chi connectivity index (χ4n) is 3.64. The first-order valence-electron chi connectivity index (χ1n) is 8.35. The highest BCUT2D eigenvalue weighted by atomic mass is 16.6. The molecule has 0 spiro atoms. The van der Waals surface area contributed by atoms with Gasteiger partial charge in [-0.05, 0) is 21.9 Å². The molecule has 1 fully saturated rings. The molecule has 9 nitrogen and oxygen atoms in total. The maximum Gasteiger partial charge on any atom is 0.156 e. The zero-order valence-corrected chi connectivity index (χ0v) is 13.7. The third-order valence-electron chi connectivity index (χ3n) is 4.81. The van der Waals surface area contributed by atoms with Gasteiger partial charge >= 0.3 is 0 Å². The minimum atomic E-state index is -0.328. The van der Waals surface area contributed by atoms with E-state index in [4.69, 9.17) is 9.37 Å². The highest BCUT2D eigenvalue weighted by Crippen LogP contribution is 2.43. The van der Waals surface area contributed by atoms with Gasteiger partial charge in [0, 0.05) is 24.8 Å². The normalized spacial score (nSPS) is 22.7. The van der Waals surface area contributed by atoms with Crippen LogP contribution in [0.25, 0.3) is 11.0 Å². The van der Waals surface area contributed by atoms with E-state index in [-0.39, 0.29) is 12.0 Å². The Morgan fingerprint density at radius 1 is 1.23 bits per heavy atom. The first-order chi connectivity index (χ1) is 12.9. The molecule has 0 saturated carbocycles. The zero-order chi connectivity index (χ0) is 17.5. The number of anilines is 1. The Morgan fingerprint density at radius 3 is 3.04 bits per heavy atom. The third kappa shape index (κ3) is 2.20. The summed E-state index contributed by atoms with van der Waals surface area (Å²) in [5.74, 6) is 0.359. The van der Waals surface area contributed by atoms with E-state index in [1.165, 1.54) is 0 Å². The fraction of sp³-hybridized carbons (Fsp3) is 0.294. The topological polar surface area (TPSA) is 125 Å². The van der Waals surface area contributed by atoms with E-state index in [1.54, 1.807) is 6.20 Å². The highest BCUT2D eigenvalue weighted by molar-refractivity contribution is 5.81. The molecule has 4 heterocycles. The van der Waals surface area contributed by atoms with Crippen LogP contribution in [0.15, 0.2) is 40.3 Å². The number of ether oxygens (including phenoxy) is 1. The van der Waals surface area contributed by atoms with Crippen LogP contribution in [0.5, 0.6) is 0 Å². The highest BCUT2D eigenvalue weighted by Gasteiger charge is 2.36. The second kappa shape index (κ2) is 5.94. The van der Waals surface area contributed by atoms with Gasteiger partial charge in [0.2, 0.25) is 0 Å². The van der Waals surface area contributed by atoms with Crippen molar-refractivity contribution in [2.45, 2.75) is 12.0 Å². The fourth-order valence-corrected chi connectivity index (χ4v) is 3.64.